The topological polar surface area (TPSA) is 30.9 Å². The SMILES string of the molecule is Cc1c(C2CC(N)C2)c2cccc3c2n1CCC3. The molecular weight excluding hydrogens is 220 g/mol. The fraction of sp³-hybridized carbons (Fsp3) is 0.500. The summed E-state index contributed by atoms with van der Waals surface area (Å²) in [6.45, 7) is 3.49. The van der Waals surface area contributed by atoms with Crippen molar-refractivity contribution in [3.05, 3.63) is 35.0 Å². The number of benzene rings is 1. The predicted molar refractivity (Wildman–Crippen MR) is 74.9 cm³/mol. The molecule has 0 amide bonds. The zero-order chi connectivity index (χ0) is 12.3. The van der Waals surface area contributed by atoms with E-state index in [1.165, 1.54) is 54.4 Å². The lowest BCUT2D eigenvalue weighted by Gasteiger charge is -2.33. The average molecular weight is 240 g/mol. The molecule has 18 heavy (non-hydrogen) atoms. The number of nitrogens with zero attached hydrogens (tertiary/aromatic N) is 1. The van der Waals surface area contributed by atoms with Crippen molar-refractivity contribution in [3.63, 3.8) is 0 Å². The molecule has 2 heteroatoms. The Kier molecular flexibility index (Phi) is 2.13. The number of aryl methyl sites for hydroxylation is 2. The molecule has 0 bridgehead atoms. The molecule has 0 radical (unpaired) electrons. The molecule has 0 saturated heterocycles. The summed E-state index contributed by atoms with van der Waals surface area (Å²) < 4.78 is 2.55. The van der Waals surface area contributed by atoms with E-state index in [0.717, 1.165) is 0 Å². The van der Waals surface area contributed by atoms with Crippen LogP contribution in [0.25, 0.3) is 10.9 Å². The summed E-state index contributed by atoms with van der Waals surface area (Å²) in [6.07, 6.45) is 4.87. The Morgan fingerprint density at radius 2 is 2.11 bits per heavy atom. The highest BCUT2D eigenvalue weighted by Gasteiger charge is 2.32. The third-order valence-corrected chi connectivity index (χ3v) is 4.88. The molecule has 1 fully saturated rings. The maximum Gasteiger partial charge on any atom is 0.0517 e. The molecule has 1 aliphatic heterocycles. The number of para-hydroxylation sites is 1. The molecule has 2 heterocycles. The number of aromatic nitrogens is 1. The van der Waals surface area contributed by atoms with Crippen LogP contribution in [-0.2, 0) is 13.0 Å². The summed E-state index contributed by atoms with van der Waals surface area (Å²) in [6, 6.07) is 7.27. The predicted octanol–water partition coefficient (Wildman–Crippen LogP) is 3.10. The van der Waals surface area contributed by atoms with Crippen molar-refractivity contribution in [2.75, 3.05) is 0 Å². The van der Waals surface area contributed by atoms with E-state index in [-0.39, 0.29) is 0 Å². The van der Waals surface area contributed by atoms with Gasteiger partial charge in [0.15, 0.2) is 0 Å². The lowest BCUT2D eigenvalue weighted by Crippen LogP contribution is -2.35. The van der Waals surface area contributed by atoms with E-state index in [1.54, 1.807) is 5.56 Å². The molecule has 4 rings (SSSR count). The van der Waals surface area contributed by atoms with E-state index in [0.29, 0.717) is 12.0 Å². The molecule has 2 N–H and O–H groups in total. The van der Waals surface area contributed by atoms with E-state index in [2.05, 4.69) is 29.7 Å². The summed E-state index contributed by atoms with van der Waals surface area (Å²) in [5.74, 6) is 0.706. The van der Waals surface area contributed by atoms with Gasteiger partial charge in [-0.2, -0.15) is 0 Å². The first kappa shape index (κ1) is 10.6. The van der Waals surface area contributed by atoms with Crippen LogP contribution in [0.2, 0.25) is 0 Å². The summed E-state index contributed by atoms with van der Waals surface area (Å²) in [5, 5.41) is 1.50. The van der Waals surface area contributed by atoms with Gasteiger partial charge in [0.2, 0.25) is 0 Å². The van der Waals surface area contributed by atoms with Crippen molar-refractivity contribution in [1.82, 2.24) is 4.57 Å². The van der Waals surface area contributed by atoms with Crippen LogP contribution in [0, 0.1) is 6.92 Å². The number of rotatable bonds is 1. The molecule has 0 spiro atoms. The Labute approximate surface area is 108 Å². The Bertz CT molecular complexity index is 618. The molecule has 1 aromatic heterocycles. The van der Waals surface area contributed by atoms with Gasteiger partial charge in [0.25, 0.3) is 0 Å². The first-order valence-corrected chi connectivity index (χ1v) is 7.12. The van der Waals surface area contributed by atoms with E-state index in [4.69, 9.17) is 5.73 Å². The molecule has 1 aromatic carbocycles. The molecule has 94 valence electrons. The Morgan fingerprint density at radius 1 is 1.28 bits per heavy atom. The highest BCUT2D eigenvalue weighted by Crippen LogP contribution is 2.43. The standard InChI is InChI=1S/C16H20N2/c1-10-15(12-8-13(17)9-12)14-6-2-4-11-5-3-7-18(10)16(11)14/h2,4,6,12-13H,3,5,7-9,17H2,1H3. The third-order valence-electron chi connectivity index (χ3n) is 4.88. The zero-order valence-corrected chi connectivity index (χ0v) is 10.9. The second-order valence-corrected chi connectivity index (χ2v) is 6.00. The van der Waals surface area contributed by atoms with Crippen LogP contribution >= 0.6 is 0 Å². The first-order chi connectivity index (χ1) is 8.75. The van der Waals surface area contributed by atoms with Crippen LogP contribution in [0.4, 0.5) is 0 Å². The maximum atomic E-state index is 5.98. The normalized spacial score (nSPS) is 26.3. The summed E-state index contributed by atoms with van der Waals surface area (Å²) >= 11 is 0. The van der Waals surface area contributed by atoms with Gasteiger partial charge in [-0.3, -0.25) is 0 Å². The Hall–Kier alpha value is -1.28. The van der Waals surface area contributed by atoms with Crippen LogP contribution < -0.4 is 5.73 Å². The van der Waals surface area contributed by atoms with Gasteiger partial charge in [0.1, 0.15) is 0 Å². The first-order valence-electron chi connectivity index (χ1n) is 7.12. The van der Waals surface area contributed by atoms with Crippen molar-refractivity contribution in [1.29, 1.82) is 0 Å². The largest absolute Gasteiger partial charge is 0.344 e. The fourth-order valence-electron chi connectivity index (χ4n) is 3.96. The minimum Gasteiger partial charge on any atom is -0.344 e. The molecule has 0 atom stereocenters. The highest BCUT2D eigenvalue weighted by atomic mass is 15.0. The molecule has 2 aromatic rings. The highest BCUT2D eigenvalue weighted by molar-refractivity contribution is 5.89. The molecule has 0 unspecified atom stereocenters. The molecule has 1 aliphatic carbocycles. The van der Waals surface area contributed by atoms with Crippen molar-refractivity contribution < 1.29 is 0 Å². The second-order valence-electron chi connectivity index (χ2n) is 6.00. The second kappa shape index (κ2) is 3.61. The Balaban J connectivity index is 1.98. The summed E-state index contributed by atoms with van der Waals surface area (Å²) in [7, 11) is 0. The average Bonchev–Trinajstić information content (AvgIpc) is 2.62. The lowest BCUT2D eigenvalue weighted by atomic mass is 9.75. The van der Waals surface area contributed by atoms with Gasteiger partial charge in [-0.15, -0.1) is 0 Å². The van der Waals surface area contributed by atoms with Gasteiger partial charge in [-0.25, -0.2) is 0 Å². The smallest absolute Gasteiger partial charge is 0.0517 e. The fourth-order valence-corrected chi connectivity index (χ4v) is 3.96. The molecule has 2 nitrogen and oxygen atoms in total. The van der Waals surface area contributed by atoms with Crippen molar-refractivity contribution >= 4 is 10.9 Å². The Morgan fingerprint density at radius 3 is 2.89 bits per heavy atom. The summed E-state index contributed by atoms with van der Waals surface area (Å²) in [5.41, 5.74) is 12.1. The van der Waals surface area contributed by atoms with Gasteiger partial charge < -0.3 is 10.3 Å². The monoisotopic (exact) mass is 240 g/mol. The van der Waals surface area contributed by atoms with Crippen LogP contribution in [0.5, 0.6) is 0 Å². The summed E-state index contributed by atoms with van der Waals surface area (Å²) in [4.78, 5) is 0. The van der Waals surface area contributed by atoms with Gasteiger partial charge >= 0.3 is 0 Å². The van der Waals surface area contributed by atoms with Crippen LogP contribution in [0.1, 0.15) is 42.0 Å². The number of hydrogen-bond acceptors (Lipinski definition) is 1. The van der Waals surface area contributed by atoms with Crippen LogP contribution in [0.15, 0.2) is 18.2 Å². The van der Waals surface area contributed by atoms with Crippen molar-refractivity contribution in [2.45, 2.75) is 51.1 Å². The van der Waals surface area contributed by atoms with Gasteiger partial charge in [0, 0.05) is 23.7 Å². The maximum absolute atomic E-state index is 5.98. The van der Waals surface area contributed by atoms with Crippen LogP contribution in [0.3, 0.4) is 0 Å². The number of hydrogen-bond donors (Lipinski definition) is 1. The third kappa shape index (κ3) is 1.27. The quantitative estimate of drug-likeness (QED) is 0.816. The van der Waals surface area contributed by atoms with Crippen molar-refractivity contribution in [3.8, 4) is 0 Å². The molecule has 2 aliphatic rings. The van der Waals surface area contributed by atoms with E-state index in [1.807, 2.05) is 0 Å². The number of nitrogens with two attached hydrogens (primary N) is 1. The zero-order valence-electron chi connectivity index (χ0n) is 10.9. The van der Waals surface area contributed by atoms with E-state index < -0.39 is 0 Å². The van der Waals surface area contributed by atoms with Crippen LogP contribution in [-0.4, -0.2) is 10.6 Å². The lowest BCUT2D eigenvalue weighted by molar-refractivity contribution is 0.351. The minimum atomic E-state index is 0.432. The van der Waals surface area contributed by atoms with Crippen molar-refractivity contribution in [2.24, 2.45) is 5.73 Å². The van der Waals surface area contributed by atoms with E-state index >= 15 is 0 Å². The van der Waals surface area contributed by atoms with Gasteiger partial charge in [-0.1, -0.05) is 18.2 Å². The molecular formula is C16H20N2. The minimum absolute atomic E-state index is 0.432. The molecule has 1 saturated carbocycles. The van der Waals surface area contributed by atoms with Gasteiger partial charge in [0.05, 0.1) is 5.52 Å². The van der Waals surface area contributed by atoms with Gasteiger partial charge in [-0.05, 0) is 49.7 Å². The van der Waals surface area contributed by atoms with E-state index in [9.17, 15) is 0 Å².